The maximum absolute atomic E-state index is 12.6. The van der Waals surface area contributed by atoms with Crippen molar-refractivity contribution in [3.05, 3.63) is 57.6 Å². The van der Waals surface area contributed by atoms with Crippen molar-refractivity contribution in [2.24, 2.45) is 0 Å². The number of hydrogen-bond donors (Lipinski definition) is 2. The molecule has 1 fully saturated rings. The third-order valence-corrected chi connectivity index (χ3v) is 6.84. The van der Waals surface area contributed by atoms with Gasteiger partial charge in [0, 0.05) is 6.04 Å². The van der Waals surface area contributed by atoms with Gasteiger partial charge in [0.25, 0.3) is 5.91 Å². The van der Waals surface area contributed by atoms with Gasteiger partial charge in [0.1, 0.15) is 0 Å². The molecule has 2 aromatic rings. The van der Waals surface area contributed by atoms with Crippen LogP contribution in [0.1, 0.15) is 35.7 Å². The predicted octanol–water partition coefficient (Wildman–Crippen LogP) is 3.93. The largest absolute Gasteiger partial charge is 0.449 e. The van der Waals surface area contributed by atoms with Crippen LogP contribution >= 0.6 is 23.2 Å². The molecule has 1 atom stereocenters. The highest BCUT2D eigenvalue weighted by molar-refractivity contribution is 7.89. The summed E-state index contributed by atoms with van der Waals surface area (Å²) in [5.74, 6) is -1.42. The van der Waals surface area contributed by atoms with E-state index in [1.54, 1.807) is 25.1 Å². The number of sulfonamides is 1. The lowest BCUT2D eigenvalue weighted by molar-refractivity contribution is -0.123. The van der Waals surface area contributed by atoms with Crippen molar-refractivity contribution in [2.45, 2.75) is 43.7 Å². The van der Waals surface area contributed by atoms with E-state index in [2.05, 4.69) is 10.0 Å². The summed E-state index contributed by atoms with van der Waals surface area (Å²) < 4.78 is 32.6. The lowest BCUT2D eigenvalue weighted by Gasteiger charge is -2.16. The SMILES string of the molecule is Cc1ccc(S(=O)(=O)NC2CC2)cc1C(=O)OC(C)C(=O)Nc1cccc(Cl)c1Cl. The van der Waals surface area contributed by atoms with Gasteiger partial charge >= 0.3 is 5.97 Å². The molecule has 0 saturated heterocycles. The zero-order chi connectivity index (χ0) is 22.1. The fourth-order valence-corrected chi connectivity index (χ4v) is 4.27. The number of hydrogen-bond acceptors (Lipinski definition) is 5. The molecule has 1 amide bonds. The van der Waals surface area contributed by atoms with Crippen LogP contribution in [0.2, 0.25) is 10.0 Å². The Morgan fingerprint density at radius 3 is 2.53 bits per heavy atom. The fourth-order valence-electron chi connectivity index (χ4n) is 2.59. The molecule has 2 N–H and O–H groups in total. The Morgan fingerprint density at radius 1 is 1.17 bits per heavy atom. The molecule has 0 heterocycles. The molecule has 1 aliphatic carbocycles. The zero-order valence-electron chi connectivity index (χ0n) is 16.2. The topological polar surface area (TPSA) is 102 Å². The first-order chi connectivity index (χ1) is 14.1. The molecule has 10 heteroatoms. The molecular formula is C20H20Cl2N2O5S. The molecule has 0 radical (unpaired) electrons. The maximum atomic E-state index is 12.6. The van der Waals surface area contributed by atoms with E-state index in [1.807, 2.05) is 0 Å². The minimum absolute atomic E-state index is 0.0326. The molecule has 1 unspecified atom stereocenters. The molecule has 0 spiro atoms. The first-order valence-electron chi connectivity index (χ1n) is 9.17. The summed E-state index contributed by atoms with van der Waals surface area (Å²) in [6, 6.07) is 8.89. The number of halogens is 2. The Bertz CT molecular complexity index is 1100. The van der Waals surface area contributed by atoms with E-state index < -0.39 is 28.0 Å². The van der Waals surface area contributed by atoms with Crippen LogP contribution in [-0.2, 0) is 19.6 Å². The Morgan fingerprint density at radius 2 is 1.87 bits per heavy atom. The second-order valence-corrected chi connectivity index (χ2v) is 9.51. The van der Waals surface area contributed by atoms with Crippen LogP contribution in [0.25, 0.3) is 0 Å². The summed E-state index contributed by atoms with van der Waals surface area (Å²) in [6.07, 6.45) is 0.434. The van der Waals surface area contributed by atoms with Gasteiger partial charge in [-0.25, -0.2) is 17.9 Å². The van der Waals surface area contributed by atoms with Crippen molar-refractivity contribution in [1.29, 1.82) is 0 Å². The first-order valence-corrected chi connectivity index (χ1v) is 11.4. The highest BCUT2D eigenvalue weighted by Gasteiger charge is 2.29. The molecular weight excluding hydrogens is 451 g/mol. The van der Waals surface area contributed by atoms with Gasteiger partial charge in [-0.15, -0.1) is 0 Å². The highest BCUT2D eigenvalue weighted by atomic mass is 35.5. The molecule has 3 rings (SSSR count). The number of nitrogens with one attached hydrogen (secondary N) is 2. The summed E-state index contributed by atoms with van der Waals surface area (Å²) in [4.78, 5) is 25.0. The number of carbonyl (C=O) groups excluding carboxylic acids is 2. The molecule has 1 aliphatic rings. The van der Waals surface area contributed by atoms with Gasteiger partial charge in [-0.05, 0) is 56.5 Å². The molecule has 2 aromatic carbocycles. The van der Waals surface area contributed by atoms with Crippen LogP contribution < -0.4 is 10.0 Å². The van der Waals surface area contributed by atoms with Crippen molar-refractivity contribution in [2.75, 3.05) is 5.32 Å². The van der Waals surface area contributed by atoms with Gasteiger partial charge in [0.05, 0.1) is 26.2 Å². The van der Waals surface area contributed by atoms with Crippen LogP contribution in [0.4, 0.5) is 5.69 Å². The minimum atomic E-state index is -3.73. The quantitative estimate of drug-likeness (QED) is 0.596. The third-order valence-electron chi connectivity index (χ3n) is 4.50. The minimum Gasteiger partial charge on any atom is -0.449 e. The lowest BCUT2D eigenvalue weighted by Crippen LogP contribution is -2.30. The van der Waals surface area contributed by atoms with Gasteiger partial charge in [-0.2, -0.15) is 0 Å². The second kappa shape index (κ2) is 8.93. The normalized spacial score (nSPS) is 14.8. The number of carbonyl (C=O) groups is 2. The van der Waals surface area contributed by atoms with Gasteiger partial charge in [-0.1, -0.05) is 35.3 Å². The standard InChI is InChI=1S/C20H20Cl2N2O5S/c1-11-6-9-14(30(27,28)24-13-7-8-13)10-15(11)20(26)29-12(2)19(25)23-17-5-3-4-16(21)18(17)22/h3-6,9-10,12-13,24H,7-8H2,1-2H3,(H,23,25). The summed E-state index contributed by atoms with van der Waals surface area (Å²) in [5.41, 5.74) is 0.873. The average Bonchev–Trinajstić information content (AvgIpc) is 3.48. The molecule has 160 valence electrons. The Kier molecular flexibility index (Phi) is 6.71. The lowest BCUT2D eigenvalue weighted by atomic mass is 10.1. The highest BCUT2D eigenvalue weighted by Crippen LogP contribution is 2.29. The summed E-state index contributed by atoms with van der Waals surface area (Å²) in [6.45, 7) is 3.05. The van der Waals surface area contributed by atoms with Gasteiger partial charge in [0.2, 0.25) is 10.0 Å². The molecule has 7 nitrogen and oxygen atoms in total. The molecule has 0 bridgehead atoms. The van der Waals surface area contributed by atoms with Gasteiger partial charge < -0.3 is 10.1 Å². The van der Waals surface area contributed by atoms with E-state index in [9.17, 15) is 18.0 Å². The number of anilines is 1. The fraction of sp³-hybridized carbons (Fsp3) is 0.300. The average molecular weight is 471 g/mol. The predicted molar refractivity (Wildman–Crippen MR) is 114 cm³/mol. The monoisotopic (exact) mass is 470 g/mol. The number of rotatable bonds is 7. The van der Waals surface area contributed by atoms with Crippen molar-refractivity contribution in [3.63, 3.8) is 0 Å². The van der Waals surface area contributed by atoms with E-state index in [0.717, 1.165) is 12.8 Å². The number of amides is 1. The van der Waals surface area contributed by atoms with E-state index in [1.165, 1.54) is 25.1 Å². The smallest absolute Gasteiger partial charge is 0.339 e. The van der Waals surface area contributed by atoms with Crippen molar-refractivity contribution >= 4 is 50.8 Å². The van der Waals surface area contributed by atoms with Crippen molar-refractivity contribution in [3.8, 4) is 0 Å². The number of aryl methyl sites for hydroxylation is 1. The number of esters is 1. The Balaban J connectivity index is 1.72. The van der Waals surface area contributed by atoms with Crippen LogP contribution in [0.3, 0.4) is 0 Å². The Labute approximate surface area is 184 Å². The van der Waals surface area contributed by atoms with Crippen LogP contribution in [-0.4, -0.2) is 32.4 Å². The summed E-state index contributed by atoms with van der Waals surface area (Å²) in [7, 11) is -3.73. The van der Waals surface area contributed by atoms with E-state index in [-0.39, 0.29) is 32.2 Å². The Hall–Kier alpha value is -2.13. The second-order valence-electron chi connectivity index (χ2n) is 7.01. The van der Waals surface area contributed by atoms with Gasteiger partial charge in [0.15, 0.2) is 6.10 Å². The molecule has 0 aromatic heterocycles. The summed E-state index contributed by atoms with van der Waals surface area (Å²) >= 11 is 12.0. The first kappa shape index (κ1) is 22.6. The zero-order valence-corrected chi connectivity index (χ0v) is 18.6. The van der Waals surface area contributed by atoms with Crippen LogP contribution in [0.5, 0.6) is 0 Å². The molecule has 30 heavy (non-hydrogen) atoms. The molecule has 0 aliphatic heterocycles. The van der Waals surface area contributed by atoms with Crippen LogP contribution in [0.15, 0.2) is 41.3 Å². The maximum Gasteiger partial charge on any atom is 0.339 e. The number of benzene rings is 2. The van der Waals surface area contributed by atoms with E-state index >= 15 is 0 Å². The number of ether oxygens (including phenoxy) is 1. The summed E-state index contributed by atoms with van der Waals surface area (Å²) in [5, 5.41) is 2.99. The van der Waals surface area contributed by atoms with Gasteiger partial charge in [-0.3, -0.25) is 4.79 Å². The molecule has 1 saturated carbocycles. The van der Waals surface area contributed by atoms with Crippen molar-refractivity contribution in [1.82, 2.24) is 4.72 Å². The third kappa shape index (κ3) is 5.31. The van der Waals surface area contributed by atoms with Crippen molar-refractivity contribution < 1.29 is 22.7 Å². The van der Waals surface area contributed by atoms with Crippen LogP contribution in [0, 0.1) is 6.92 Å². The van der Waals surface area contributed by atoms with E-state index in [4.69, 9.17) is 27.9 Å². The van der Waals surface area contributed by atoms with E-state index in [0.29, 0.717) is 5.56 Å².